The average molecular weight is 204 g/mol. The van der Waals surface area contributed by atoms with Crippen LogP contribution in [0.25, 0.3) is 0 Å². The van der Waals surface area contributed by atoms with Gasteiger partial charge < -0.3 is 0 Å². The van der Waals surface area contributed by atoms with Crippen LogP contribution in [0.3, 0.4) is 0 Å². The SMILES string of the molecule is CCC1=CC2CC1C1(C)C(=O)CC(=O)C21. The molecule has 2 heteroatoms. The molecule has 2 bridgehead atoms. The maximum Gasteiger partial charge on any atom is 0.147 e. The van der Waals surface area contributed by atoms with Crippen LogP contribution in [0.5, 0.6) is 0 Å². The summed E-state index contributed by atoms with van der Waals surface area (Å²) >= 11 is 0. The maximum absolute atomic E-state index is 12.0. The highest BCUT2D eigenvalue weighted by Crippen LogP contribution is 2.63. The second-order valence-electron chi connectivity index (χ2n) is 5.37. The molecule has 0 aromatic rings. The topological polar surface area (TPSA) is 34.1 Å². The van der Waals surface area contributed by atoms with Crippen molar-refractivity contribution in [2.45, 2.75) is 33.1 Å². The quantitative estimate of drug-likeness (QED) is 0.484. The molecule has 4 unspecified atom stereocenters. The molecule has 0 aromatic heterocycles. The molecule has 3 aliphatic carbocycles. The van der Waals surface area contributed by atoms with Gasteiger partial charge in [0.25, 0.3) is 0 Å². The van der Waals surface area contributed by atoms with Gasteiger partial charge in [-0.3, -0.25) is 9.59 Å². The Morgan fingerprint density at radius 3 is 2.87 bits per heavy atom. The Bertz CT molecular complexity index is 393. The van der Waals surface area contributed by atoms with Gasteiger partial charge in [0.15, 0.2) is 0 Å². The Morgan fingerprint density at radius 2 is 2.20 bits per heavy atom. The van der Waals surface area contributed by atoms with E-state index in [2.05, 4.69) is 13.0 Å². The van der Waals surface area contributed by atoms with E-state index in [0.29, 0.717) is 11.8 Å². The van der Waals surface area contributed by atoms with Crippen molar-refractivity contribution < 1.29 is 9.59 Å². The van der Waals surface area contributed by atoms with Crippen molar-refractivity contribution in [3.8, 4) is 0 Å². The zero-order valence-electron chi connectivity index (χ0n) is 9.25. The second-order valence-corrected chi connectivity index (χ2v) is 5.37. The van der Waals surface area contributed by atoms with Crippen LogP contribution >= 0.6 is 0 Å². The molecule has 0 aliphatic heterocycles. The fraction of sp³-hybridized carbons (Fsp3) is 0.692. The molecular weight excluding hydrogens is 188 g/mol. The molecule has 0 amide bonds. The van der Waals surface area contributed by atoms with Crippen molar-refractivity contribution >= 4 is 11.6 Å². The van der Waals surface area contributed by atoms with Crippen LogP contribution in [0.1, 0.15) is 33.1 Å². The summed E-state index contributed by atoms with van der Waals surface area (Å²) in [5, 5.41) is 0. The third kappa shape index (κ3) is 0.865. The monoisotopic (exact) mass is 204 g/mol. The van der Waals surface area contributed by atoms with Crippen molar-refractivity contribution in [2.24, 2.45) is 23.2 Å². The van der Waals surface area contributed by atoms with E-state index in [1.165, 1.54) is 5.57 Å². The van der Waals surface area contributed by atoms with Gasteiger partial charge in [0.1, 0.15) is 11.6 Å². The zero-order valence-corrected chi connectivity index (χ0v) is 9.25. The van der Waals surface area contributed by atoms with E-state index in [4.69, 9.17) is 0 Å². The lowest BCUT2D eigenvalue weighted by Crippen LogP contribution is -2.36. The predicted octanol–water partition coefficient (Wildman–Crippen LogP) is 2.14. The molecule has 0 radical (unpaired) electrons. The number of Topliss-reactive ketones (excluding diaryl/α,β-unsaturated/α-hetero) is 2. The minimum absolute atomic E-state index is 0.0188. The molecule has 0 N–H and O–H groups in total. The van der Waals surface area contributed by atoms with Gasteiger partial charge >= 0.3 is 0 Å². The lowest BCUT2D eigenvalue weighted by Gasteiger charge is -2.33. The molecule has 0 saturated heterocycles. The molecule has 80 valence electrons. The predicted molar refractivity (Wildman–Crippen MR) is 56.2 cm³/mol. The third-order valence-corrected chi connectivity index (χ3v) is 4.87. The van der Waals surface area contributed by atoms with Gasteiger partial charge in [-0.05, 0) is 24.7 Å². The number of hydrogen-bond donors (Lipinski definition) is 0. The van der Waals surface area contributed by atoms with Crippen LogP contribution in [-0.2, 0) is 9.59 Å². The number of rotatable bonds is 1. The number of fused-ring (bicyclic) bond motifs is 5. The highest BCUT2D eigenvalue weighted by Gasteiger charge is 2.65. The van der Waals surface area contributed by atoms with Crippen molar-refractivity contribution in [1.82, 2.24) is 0 Å². The average Bonchev–Trinajstić information content (AvgIpc) is 2.78. The minimum Gasteiger partial charge on any atom is -0.299 e. The first-order valence-electron chi connectivity index (χ1n) is 5.85. The fourth-order valence-corrected chi connectivity index (χ4v) is 4.17. The molecule has 0 aromatic carbocycles. The number of ketones is 2. The summed E-state index contributed by atoms with van der Waals surface area (Å²) in [4.78, 5) is 23.8. The molecule has 0 spiro atoms. The molecule has 2 fully saturated rings. The van der Waals surface area contributed by atoms with Gasteiger partial charge in [0.05, 0.1) is 6.42 Å². The van der Waals surface area contributed by atoms with Crippen molar-refractivity contribution in [3.05, 3.63) is 11.6 Å². The summed E-state index contributed by atoms with van der Waals surface area (Å²) in [6.45, 7) is 4.17. The van der Waals surface area contributed by atoms with Crippen LogP contribution in [0, 0.1) is 23.2 Å². The molecule has 3 rings (SSSR count). The van der Waals surface area contributed by atoms with E-state index in [1.807, 2.05) is 6.92 Å². The van der Waals surface area contributed by atoms with Gasteiger partial charge in [-0.15, -0.1) is 0 Å². The second kappa shape index (κ2) is 2.60. The normalized spacial score (nSPS) is 47.3. The lowest BCUT2D eigenvalue weighted by molar-refractivity contribution is -0.127. The van der Waals surface area contributed by atoms with Crippen LogP contribution in [0.2, 0.25) is 0 Å². The van der Waals surface area contributed by atoms with Crippen LogP contribution in [0.15, 0.2) is 11.6 Å². The number of hydrogen-bond acceptors (Lipinski definition) is 2. The lowest BCUT2D eigenvalue weighted by atomic mass is 9.68. The number of carbonyl (C=O) groups is 2. The van der Waals surface area contributed by atoms with Crippen LogP contribution in [0.4, 0.5) is 0 Å². The summed E-state index contributed by atoms with van der Waals surface area (Å²) in [7, 11) is 0. The first-order valence-corrected chi connectivity index (χ1v) is 5.85. The Morgan fingerprint density at radius 1 is 1.47 bits per heavy atom. The Labute approximate surface area is 89.7 Å². The molecule has 15 heavy (non-hydrogen) atoms. The highest BCUT2D eigenvalue weighted by molar-refractivity contribution is 6.11. The summed E-state index contributed by atoms with van der Waals surface area (Å²) in [5.41, 5.74) is 1.09. The van der Waals surface area contributed by atoms with E-state index in [0.717, 1.165) is 12.8 Å². The fourth-order valence-electron chi connectivity index (χ4n) is 4.17. The van der Waals surface area contributed by atoms with E-state index in [1.54, 1.807) is 0 Å². The van der Waals surface area contributed by atoms with E-state index in [-0.39, 0.29) is 29.3 Å². The molecule has 0 heterocycles. The maximum atomic E-state index is 12.0. The number of carbonyl (C=O) groups excluding carboxylic acids is 2. The van der Waals surface area contributed by atoms with Gasteiger partial charge in [0.2, 0.25) is 0 Å². The van der Waals surface area contributed by atoms with Crippen LogP contribution < -0.4 is 0 Å². The number of allylic oxidation sites excluding steroid dienone is 2. The largest absolute Gasteiger partial charge is 0.299 e. The summed E-state index contributed by atoms with van der Waals surface area (Å²) in [6, 6.07) is 0. The zero-order chi connectivity index (χ0) is 10.8. The standard InChI is InChI=1S/C13H16O2/c1-3-7-4-8-5-9(7)13(2)11(15)6-10(14)12(8)13/h4,8-9,12H,3,5-6H2,1-2H3. The Hall–Kier alpha value is -0.920. The summed E-state index contributed by atoms with van der Waals surface area (Å²) < 4.78 is 0. The van der Waals surface area contributed by atoms with E-state index < -0.39 is 0 Å². The molecule has 2 saturated carbocycles. The van der Waals surface area contributed by atoms with Gasteiger partial charge in [-0.1, -0.05) is 25.5 Å². The van der Waals surface area contributed by atoms with Crippen molar-refractivity contribution in [3.63, 3.8) is 0 Å². The first-order chi connectivity index (χ1) is 7.09. The molecular formula is C13H16O2. The van der Waals surface area contributed by atoms with Gasteiger partial charge in [-0.25, -0.2) is 0 Å². The third-order valence-electron chi connectivity index (χ3n) is 4.87. The van der Waals surface area contributed by atoms with E-state index in [9.17, 15) is 9.59 Å². The highest BCUT2D eigenvalue weighted by atomic mass is 16.2. The molecule has 4 atom stereocenters. The van der Waals surface area contributed by atoms with Crippen molar-refractivity contribution in [2.75, 3.05) is 0 Å². The molecule has 3 aliphatic rings. The Kier molecular flexibility index (Phi) is 1.62. The smallest absolute Gasteiger partial charge is 0.147 e. The Balaban J connectivity index is 2.11. The van der Waals surface area contributed by atoms with Crippen molar-refractivity contribution in [1.29, 1.82) is 0 Å². The minimum atomic E-state index is -0.332. The first kappa shape index (κ1) is 9.32. The van der Waals surface area contributed by atoms with Crippen LogP contribution in [-0.4, -0.2) is 11.6 Å². The summed E-state index contributed by atoms with van der Waals surface area (Å²) in [5.74, 6) is 1.15. The molecule has 2 nitrogen and oxygen atoms in total. The van der Waals surface area contributed by atoms with Gasteiger partial charge in [-0.2, -0.15) is 0 Å². The van der Waals surface area contributed by atoms with Gasteiger partial charge in [0, 0.05) is 11.3 Å². The summed E-state index contributed by atoms with van der Waals surface area (Å²) in [6.07, 6.45) is 4.54. The van der Waals surface area contributed by atoms with E-state index >= 15 is 0 Å².